The van der Waals surface area contributed by atoms with E-state index in [-0.39, 0.29) is 17.3 Å². The fourth-order valence-corrected chi connectivity index (χ4v) is 3.66. The summed E-state index contributed by atoms with van der Waals surface area (Å²) < 4.78 is 7.94. The van der Waals surface area contributed by atoms with Crippen molar-refractivity contribution in [3.8, 4) is 11.3 Å². The van der Waals surface area contributed by atoms with E-state index in [4.69, 9.17) is 9.72 Å². The lowest BCUT2D eigenvalue weighted by Crippen LogP contribution is -2.51. The first-order valence-corrected chi connectivity index (χ1v) is 9.39. The second-order valence-corrected chi connectivity index (χ2v) is 7.73. The molecule has 1 aromatic carbocycles. The van der Waals surface area contributed by atoms with E-state index >= 15 is 0 Å². The van der Waals surface area contributed by atoms with E-state index < -0.39 is 0 Å². The molecule has 4 rings (SSSR count). The predicted octanol–water partition coefficient (Wildman–Crippen LogP) is 3.20. The van der Waals surface area contributed by atoms with Crippen LogP contribution in [0.4, 0.5) is 5.95 Å². The molecule has 6 nitrogen and oxygen atoms in total. The van der Waals surface area contributed by atoms with Gasteiger partial charge < -0.3 is 9.64 Å². The Hall–Kier alpha value is -2.99. The summed E-state index contributed by atoms with van der Waals surface area (Å²) in [7, 11) is 1.76. The minimum atomic E-state index is -0.372. The first-order valence-electron chi connectivity index (χ1n) is 9.39. The Labute approximate surface area is 164 Å². The average molecular weight is 376 g/mol. The van der Waals surface area contributed by atoms with Crippen molar-refractivity contribution in [1.82, 2.24) is 14.5 Å². The van der Waals surface area contributed by atoms with Crippen LogP contribution in [0.5, 0.6) is 0 Å². The molecule has 0 aliphatic carbocycles. The van der Waals surface area contributed by atoms with Crippen LogP contribution in [-0.2, 0) is 11.8 Å². The third-order valence-electron chi connectivity index (χ3n) is 4.96. The molecule has 0 saturated carbocycles. The van der Waals surface area contributed by atoms with Gasteiger partial charge in [0.1, 0.15) is 6.10 Å². The Bertz CT molecular complexity index is 1020. The third kappa shape index (κ3) is 3.68. The topological polar surface area (TPSA) is 60.2 Å². The first-order chi connectivity index (χ1) is 13.4. The highest BCUT2D eigenvalue weighted by Gasteiger charge is 2.35. The molecule has 3 aromatic rings. The molecule has 0 radical (unpaired) electrons. The molecule has 3 heterocycles. The molecule has 1 aliphatic rings. The van der Waals surface area contributed by atoms with Gasteiger partial charge in [0.15, 0.2) is 0 Å². The quantitative estimate of drug-likeness (QED) is 0.703. The Morgan fingerprint density at radius 2 is 1.82 bits per heavy atom. The Kier molecular flexibility index (Phi) is 4.73. The smallest absolute Gasteiger partial charge is 0.255 e. The molecule has 1 aliphatic heterocycles. The minimum Gasteiger partial charge on any atom is -0.364 e. The lowest BCUT2D eigenvalue weighted by molar-refractivity contribution is -0.0860. The lowest BCUT2D eigenvalue weighted by atomic mass is 10.0. The zero-order valence-electron chi connectivity index (χ0n) is 16.4. The summed E-state index contributed by atoms with van der Waals surface area (Å²) in [6.07, 6.45) is 3.32. The zero-order valence-corrected chi connectivity index (χ0v) is 16.4. The number of nitrogens with zero attached hydrogens (tertiary/aromatic N) is 4. The van der Waals surface area contributed by atoms with Crippen LogP contribution < -0.4 is 10.5 Å². The Balaban J connectivity index is 1.75. The molecule has 1 fully saturated rings. The van der Waals surface area contributed by atoms with Crippen molar-refractivity contribution >= 4 is 5.95 Å². The van der Waals surface area contributed by atoms with Gasteiger partial charge in [-0.15, -0.1) is 0 Å². The molecule has 0 amide bonds. The van der Waals surface area contributed by atoms with Crippen molar-refractivity contribution in [2.24, 2.45) is 7.05 Å². The van der Waals surface area contributed by atoms with Gasteiger partial charge in [0.25, 0.3) is 5.56 Å². The van der Waals surface area contributed by atoms with Crippen LogP contribution in [-0.4, -0.2) is 33.2 Å². The fraction of sp³-hybridized carbons (Fsp3) is 0.318. The summed E-state index contributed by atoms with van der Waals surface area (Å²) in [6, 6.07) is 15.5. The van der Waals surface area contributed by atoms with E-state index in [1.54, 1.807) is 30.1 Å². The maximum atomic E-state index is 12.6. The summed E-state index contributed by atoms with van der Waals surface area (Å²) in [5.74, 6) is 0.650. The number of rotatable bonds is 3. The van der Waals surface area contributed by atoms with Gasteiger partial charge in [-0.3, -0.25) is 14.3 Å². The van der Waals surface area contributed by atoms with Gasteiger partial charge in [0, 0.05) is 37.6 Å². The average Bonchev–Trinajstić information content (AvgIpc) is 2.70. The van der Waals surface area contributed by atoms with Crippen LogP contribution in [0.3, 0.4) is 0 Å². The first kappa shape index (κ1) is 18.4. The highest BCUT2D eigenvalue weighted by molar-refractivity contribution is 5.59. The summed E-state index contributed by atoms with van der Waals surface area (Å²) in [4.78, 5) is 23.7. The predicted molar refractivity (Wildman–Crippen MR) is 109 cm³/mol. The molecule has 1 unspecified atom stereocenters. The lowest BCUT2D eigenvalue weighted by Gasteiger charge is -2.43. The van der Waals surface area contributed by atoms with Crippen molar-refractivity contribution in [2.45, 2.75) is 25.6 Å². The summed E-state index contributed by atoms with van der Waals surface area (Å²) in [5, 5.41) is 0. The monoisotopic (exact) mass is 376 g/mol. The van der Waals surface area contributed by atoms with Crippen molar-refractivity contribution in [3.05, 3.63) is 76.8 Å². The maximum Gasteiger partial charge on any atom is 0.255 e. The number of morpholine rings is 1. The summed E-state index contributed by atoms with van der Waals surface area (Å²) >= 11 is 0. The molecule has 0 spiro atoms. The second kappa shape index (κ2) is 7.20. The number of ether oxygens (including phenoxy) is 1. The molecular formula is C22H24N4O2. The SMILES string of the molecule is Cn1c(N2CC(c3ccccc3)OC(C)(C)C2)nc(-c2ccncc2)cc1=O. The molecule has 0 N–H and O–H groups in total. The minimum absolute atomic E-state index is 0.0858. The highest BCUT2D eigenvalue weighted by Crippen LogP contribution is 2.33. The standard InChI is InChI=1S/C22H24N4O2/c1-22(2)15-26(14-19(28-22)17-7-5-4-6-8-17)21-24-18(13-20(27)25(21)3)16-9-11-23-12-10-16/h4-13,19H,14-15H2,1-3H3. The van der Waals surface area contributed by atoms with Crippen LogP contribution >= 0.6 is 0 Å². The van der Waals surface area contributed by atoms with Gasteiger partial charge in [-0.1, -0.05) is 30.3 Å². The Morgan fingerprint density at radius 1 is 1.11 bits per heavy atom. The zero-order chi connectivity index (χ0) is 19.7. The van der Waals surface area contributed by atoms with Crippen LogP contribution in [0.25, 0.3) is 11.3 Å². The van der Waals surface area contributed by atoms with Gasteiger partial charge in [-0.2, -0.15) is 0 Å². The van der Waals surface area contributed by atoms with E-state index in [9.17, 15) is 4.79 Å². The molecule has 6 heteroatoms. The Morgan fingerprint density at radius 3 is 2.54 bits per heavy atom. The second-order valence-electron chi connectivity index (χ2n) is 7.73. The highest BCUT2D eigenvalue weighted by atomic mass is 16.5. The maximum absolute atomic E-state index is 12.6. The van der Waals surface area contributed by atoms with Crippen LogP contribution in [0.15, 0.2) is 65.7 Å². The number of hydrogen-bond acceptors (Lipinski definition) is 5. The van der Waals surface area contributed by atoms with E-state index in [0.717, 1.165) is 11.1 Å². The van der Waals surface area contributed by atoms with E-state index in [2.05, 4.69) is 35.9 Å². The third-order valence-corrected chi connectivity index (χ3v) is 4.96. The number of anilines is 1. The van der Waals surface area contributed by atoms with Crippen molar-refractivity contribution in [3.63, 3.8) is 0 Å². The molecule has 0 bridgehead atoms. The molecule has 2 aromatic heterocycles. The summed E-state index contributed by atoms with van der Waals surface area (Å²) in [6.45, 7) is 5.42. The van der Waals surface area contributed by atoms with Gasteiger partial charge in [-0.05, 0) is 31.5 Å². The largest absolute Gasteiger partial charge is 0.364 e. The van der Waals surface area contributed by atoms with Gasteiger partial charge in [0.05, 0.1) is 17.8 Å². The van der Waals surface area contributed by atoms with Crippen LogP contribution in [0, 0.1) is 0 Å². The van der Waals surface area contributed by atoms with E-state index in [1.807, 2.05) is 30.3 Å². The van der Waals surface area contributed by atoms with Crippen LogP contribution in [0.2, 0.25) is 0 Å². The number of pyridine rings is 1. The number of hydrogen-bond donors (Lipinski definition) is 0. The van der Waals surface area contributed by atoms with Crippen molar-refractivity contribution < 1.29 is 4.74 Å². The van der Waals surface area contributed by atoms with Gasteiger partial charge in [-0.25, -0.2) is 4.98 Å². The summed E-state index contributed by atoms with van der Waals surface area (Å²) in [5.41, 5.74) is 2.19. The number of aromatic nitrogens is 3. The fourth-order valence-electron chi connectivity index (χ4n) is 3.66. The van der Waals surface area contributed by atoms with E-state index in [1.165, 1.54) is 0 Å². The van der Waals surface area contributed by atoms with Gasteiger partial charge in [0.2, 0.25) is 5.95 Å². The molecule has 144 valence electrons. The number of benzene rings is 1. The van der Waals surface area contributed by atoms with Crippen molar-refractivity contribution in [1.29, 1.82) is 0 Å². The van der Waals surface area contributed by atoms with E-state index in [0.29, 0.717) is 24.7 Å². The van der Waals surface area contributed by atoms with Gasteiger partial charge >= 0.3 is 0 Å². The molecule has 28 heavy (non-hydrogen) atoms. The molecule has 1 saturated heterocycles. The molecular weight excluding hydrogens is 352 g/mol. The molecule has 1 atom stereocenters. The normalized spacial score (nSPS) is 18.8. The van der Waals surface area contributed by atoms with Crippen LogP contribution in [0.1, 0.15) is 25.5 Å². The van der Waals surface area contributed by atoms with Crippen molar-refractivity contribution in [2.75, 3.05) is 18.0 Å².